The van der Waals surface area contributed by atoms with Crippen molar-refractivity contribution in [3.63, 3.8) is 0 Å². The number of halogens is 1. The second kappa shape index (κ2) is 9.15. The average Bonchev–Trinajstić information content (AvgIpc) is 3.29. The van der Waals surface area contributed by atoms with Gasteiger partial charge in [0.2, 0.25) is 5.91 Å². The number of thiazole rings is 1. The number of hydrogen-bond donors (Lipinski definition) is 1. The van der Waals surface area contributed by atoms with Crippen molar-refractivity contribution < 1.29 is 9.59 Å². The molecule has 2 aromatic heterocycles. The van der Waals surface area contributed by atoms with E-state index in [1.807, 2.05) is 37.4 Å². The van der Waals surface area contributed by atoms with E-state index >= 15 is 0 Å². The van der Waals surface area contributed by atoms with Gasteiger partial charge in [0.05, 0.1) is 22.6 Å². The number of amides is 1. The second-order valence-corrected chi connectivity index (χ2v) is 11.0. The molecule has 2 aromatic carbocycles. The Morgan fingerprint density at radius 2 is 1.78 bits per heavy atom. The van der Waals surface area contributed by atoms with Crippen molar-refractivity contribution >= 4 is 40.3 Å². The van der Waals surface area contributed by atoms with Crippen LogP contribution in [0.2, 0.25) is 5.02 Å². The van der Waals surface area contributed by atoms with Crippen molar-refractivity contribution in [1.82, 2.24) is 9.55 Å². The molecule has 8 heteroatoms. The number of anilines is 1. The maximum absolute atomic E-state index is 14.1. The largest absolute Gasteiger partial charge is 0.325 e. The lowest BCUT2D eigenvalue weighted by molar-refractivity contribution is -0.114. The number of hydrogen-bond acceptors (Lipinski definition) is 5. The molecule has 0 spiro atoms. The van der Waals surface area contributed by atoms with Crippen LogP contribution in [0, 0.1) is 5.41 Å². The van der Waals surface area contributed by atoms with Crippen molar-refractivity contribution in [2.24, 2.45) is 5.41 Å². The number of nitrogens with zero attached hydrogens (tertiary/aromatic N) is 2. The fourth-order valence-electron chi connectivity index (χ4n) is 4.64. The zero-order chi connectivity index (χ0) is 25.6. The highest BCUT2D eigenvalue weighted by Crippen LogP contribution is 2.38. The third-order valence-electron chi connectivity index (χ3n) is 6.22. The van der Waals surface area contributed by atoms with E-state index < -0.39 is 0 Å². The molecule has 0 unspecified atom stereocenters. The van der Waals surface area contributed by atoms with Gasteiger partial charge in [-0.3, -0.25) is 19.0 Å². The van der Waals surface area contributed by atoms with Gasteiger partial charge in [-0.2, -0.15) is 0 Å². The number of para-hydroxylation sites is 2. The number of carbonyl (C=O) groups excluding carboxylic acids is 2. The van der Waals surface area contributed by atoms with Crippen LogP contribution < -0.4 is 10.9 Å². The number of Topliss-reactive ketones (excluding diaryl/α,β-unsaturated/α-hetero) is 1. The standard InChI is InChI=1S/C28H24ClN3O3S/c1-16(33)30-21-6-4-5-7-23(21)32-24-13-28(2,3)14-25(34)19(24)12-20(27(32)35)26-31-22(15-36-26)17-8-10-18(29)11-9-17/h4-12,15H,13-14H2,1-3H3,(H,30,33). The SMILES string of the molecule is CC(=O)Nc1ccccc1-n1c2c(cc(-c3nc(-c4ccc(Cl)cc4)cs3)c1=O)C(=O)CC(C)(C)C2. The smallest absolute Gasteiger partial charge is 0.265 e. The molecule has 0 radical (unpaired) electrons. The molecule has 1 N–H and O–H groups in total. The van der Waals surface area contributed by atoms with Crippen LogP contribution in [0.25, 0.3) is 27.5 Å². The second-order valence-electron chi connectivity index (χ2n) is 9.74. The molecule has 2 heterocycles. The van der Waals surface area contributed by atoms with E-state index in [1.54, 1.807) is 41.0 Å². The zero-order valence-electron chi connectivity index (χ0n) is 20.1. The molecule has 1 aliphatic rings. The average molecular weight is 518 g/mol. The Hall–Kier alpha value is -3.55. The van der Waals surface area contributed by atoms with Gasteiger partial charge < -0.3 is 5.32 Å². The molecular weight excluding hydrogens is 494 g/mol. The summed E-state index contributed by atoms with van der Waals surface area (Å²) >= 11 is 7.37. The molecule has 36 heavy (non-hydrogen) atoms. The normalized spacial score (nSPS) is 14.4. The molecule has 4 aromatic rings. The lowest BCUT2D eigenvalue weighted by Crippen LogP contribution is -2.35. The van der Waals surface area contributed by atoms with Crippen LogP contribution in [0.15, 0.2) is 64.8 Å². The van der Waals surface area contributed by atoms with E-state index in [4.69, 9.17) is 16.6 Å². The summed E-state index contributed by atoms with van der Waals surface area (Å²) in [6.07, 6.45) is 0.935. The molecule has 1 amide bonds. The number of aromatic nitrogens is 2. The van der Waals surface area contributed by atoms with Gasteiger partial charge in [0.1, 0.15) is 5.01 Å². The lowest BCUT2D eigenvalue weighted by atomic mass is 9.75. The molecule has 0 aliphatic heterocycles. The summed E-state index contributed by atoms with van der Waals surface area (Å²) in [7, 11) is 0. The monoisotopic (exact) mass is 517 g/mol. The van der Waals surface area contributed by atoms with E-state index in [1.165, 1.54) is 18.3 Å². The highest BCUT2D eigenvalue weighted by molar-refractivity contribution is 7.13. The summed E-state index contributed by atoms with van der Waals surface area (Å²) in [4.78, 5) is 44.0. The summed E-state index contributed by atoms with van der Waals surface area (Å²) in [5, 5.41) is 5.86. The Labute approximate surface area is 217 Å². The predicted molar refractivity (Wildman–Crippen MR) is 144 cm³/mol. The number of rotatable bonds is 4. The Morgan fingerprint density at radius 3 is 2.50 bits per heavy atom. The van der Waals surface area contributed by atoms with Crippen LogP contribution in [-0.2, 0) is 11.2 Å². The van der Waals surface area contributed by atoms with Crippen molar-refractivity contribution in [1.29, 1.82) is 0 Å². The minimum Gasteiger partial charge on any atom is -0.325 e. The van der Waals surface area contributed by atoms with E-state index in [-0.39, 0.29) is 22.7 Å². The minimum absolute atomic E-state index is 0.0114. The molecule has 5 rings (SSSR count). The number of pyridine rings is 1. The minimum atomic E-state index is -0.300. The summed E-state index contributed by atoms with van der Waals surface area (Å²) in [6, 6.07) is 16.2. The van der Waals surface area contributed by atoms with Crippen LogP contribution in [0.3, 0.4) is 0 Å². The maximum Gasteiger partial charge on any atom is 0.265 e. The Kier molecular flexibility index (Phi) is 6.14. The summed E-state index contributed by atoms with van der Waals surface area (Å²) in [5.41, 5.74) is 3.57. The van der Waals surface area contributed by atoms with Gasteiger partial charge in [-0.15, -0.1) is 11.3 Å². The van der Waals surface area contributed by atoms with Crippen molar-refractivity contribution in [3.05, 3.63) is 86.6 Å². The molecule has 182 valence electrons. The Morgan fingerprint density at radius 1 is 1.06 bits per heavy atom. The molecule has 0 atom stereocenters. The van der Waals surface area contributed by atoms with Crippen molar-refractivity contribution in [2.45, 2.75) is 33.6 Å². The molecule has 0 fully saturated rings. The fourth-order valence-corrected chi connectivity index (χ4v) is 5.60. The molecule has 6 nitrogen and oxygen atoms in total. The number of nitrogens with one attached hydrogen (secondary N) is 1. The summed E-state index contributed by atoms with van der Waals surface area (Å²) in [5.74, 6) is -0.257. The third kappa shape index (κ3) is 4.52. The van der Waals surface area contributed by atoms with Crippen molar-refractivity contribution in [3.8, 4) is 27.5 Å². The summed E-state index contributed by atoms with van der Waals surface area (Å²) in [6.45, 7) is 5.47. The first-order valence-electron chi connectivity index (χ1n) is 11.5. The van der Waals surface area contributed by atoms with Crippen molar-refractivity contribution in [2.75, 3.05) is 5.32 Å². The number of benzene rings is 2. The van der Waals surface area contributed by atoms with Crippen LogP contribution in [0.5, 0.6) is 0 Å². The summed E-state index contributed by atoms with van der Waals surface area (Å²) < 4.78 is 1.58. The van der Waals surface area contributed by atoms with Gasteiger partial charge in [-0.05, 0) is 42.2 Å². The molecular formula is C28H24ClN3O3S. The van der Waals surface area contributed by atoms with Gasteiger partial charge in [0.25, 0.3) is 5.56 Å². The zero-order valence-corrected chi connectivity index (χ0v) is 21.7. The highest BCUT2D eigenvalue weighted by atomic mass is 35.5. The molecule has 0 bridgehead atoms. The van der Waals surface area contributed by atoms with Gasteiger partial charge in [-0.25, -0.2) is 4.98 Å². The van der Waals surface area contributed by atoms with E-state index in [0.717, 1.165) is 11.3 Å². The van der Waals surface area contributed by atoms with Crippen LogP contribution in [0.1, 0.15) is 43.2 Å². The molecule has 0 saturated carbocycles. The highest BCUT2D eigenvalue weighted by Gasteiger charge is 2.35. The number of fused-ring (bicyclic) bond motifs is 1. The predicted octanol–water partition coefficient (Wildman–Crippen LogP) is 6.39. The fraction of sp³-hybridized carbons (Fsp3) is 0.214. The van der Waals surface area contributed by atoms with Crippen LogP contribution in [0.4, 0.5) is 5.69 Å². The van der Waals surface area contributed by atoms with E-state index in [0.29, 0.717) is 51.1 Å². The third-order valence-corrected chi connectivity index (χ3v) is 7.35. The lowest BCUT2D eigenvalue weighted by Gasteiger charge is -2.32. The Balaban J connectivity index is 1.75. The van der Waals surface area contributed by atoms with E-state index in [2.05, 4.69) is 5.32 Å². The van der Waals surface area contributed by atoms with Crippen LogP contribution >= 0.6 is 22.9 Å². The molecule has 1 aliphatic carbocycles. The quantitative estimate of drug-likeness (QED) is 0.340. The first kappa shape index (κ1) is 24.2. The van der Waals surface area contributed by atoms with Crippen LogP contribution in [-0.4, -0.2) is 21.2 Å². The van der Waals surface area contributed by atoms with E-state index in [9.17, 15) is 14.4 Å². The molecule has 0 saturated heterocycles. The Bertz CT molecular complexity index is 1570. The van der Waals surface area contributed by atoms with Gasteiger partial charge in [0.15, 0.2) is 5.78 Å². The topological polar surface area (TPSA) is 81.1 Å². The number of carbonyl (C=O) groups is 2. The first-order chi connectivity index (χ1) is 17.1. The number of ketones is 1. The van der Waals surface area contributed by atoms with Gasteiger partial charge in [-0.1, -0.05) is 49.7 Å². The first-order valence-corrected chi connectivity index (χ1v) is 12.8. The van der Waals surface area contributed by atoms with Gasteiger partial charge >= 0.3 is 0 Å². The maximum atomic E-state index is 14.1. The van der Waals surface area contributed by atoms with Gasteiger partial charge in [0, 0.05) is 40.6 Å².